The van der Waals surface area contributed by atoms with Crippen molar-refractivity contribution in [2.24, 2.45) is 0 Å². The molecule has 1 atom stereocenters. The largest absolute Gasteiger partial charge is 0.502 e. The van der Waals surface area contributed by atoms with Gasteiger partial charge in [-0.15, -0.1) is 0 Å². The van der Waals surface area contributed by atoms with E-state index in [9.17, 15) is 0 Å². The average molecular weight is 405 g/mol. The fourth-order valence-corrected chi connectivity index (χ4v) is 3.78. The van der Waals surface area contributed by atoms with Crippen molar-refractivity contribution >= 4 is 5.69 Å². The summed E-state index contributed by atoms with van der Waals surface area (Å²) in [6.45, 7) is 11.7. The summed E-state index contributed by atoms with van der Waals surface area (Å²) < 4.78 is 27.4. The normalized spacial score (nSPS) is 16.7. The predicted molar refractivity (Wildman–Crippen MR) is 117 cm³/mol. The van der Waals surface area contributed by atoms with E-state index in [4.69, 9.17) is 18.6 Å². The van der Waals surface area contributed by atoms with Gasteiger partial charge in [0.15, 0.2) is 0 Å². The van der Waals surface area contributed by atoms with Crippen LogP contribution in [0.1, 0.15) is 53.5 Å². The van der Waals surface area contributed by atoms with E-state index in [1.165, 1.54) is 0 Å². The first kappa shape index (κ1) is 17.7. The van der Waals surface area contributed by atoms with Crippen LogP contribution in [-0.2, 0) is 6.42 Å². The van der Waals surface area contributed by atoms with Crippen LogP contribution >= 0.6 is 0 Å². The van der Waals surface area contributed by atoms with Crippen LogP contribution in [0.15, 0.2) is 40.9 Å². The summed E-state index contributed by atoms with van der Waals surface area (Å²) in [6, 6.07) is 11.2. The minimum absolute atomic E-state index is 0.0255. The summed E-state index contributed by atoms with van der Waals surface area (Å²) in [7, 11) is 0. The Bertz CT molecular complexity index is 1170. The van der Waals surface area contributed by atoms with Crippen LogP contribution < -0.4 is 10.1 Å². The molecule has 0 amide bonds. The number of nitrogens with zero attached hydrogens (tertiary/aromatic N) is 3. The molecule has 1 heterocycles. The summed E-state index contributed by atoms with van der Waals surface area (Å²) >= 11 is 0. The Hall–Kier alpha value is -3.17. The molecule has 0 fully saturated rings. The monoisotopic (exact) mass is 404 g/mol. The van der Waals surface area contributed by atoms with Gasteiger partial charge in [0, 0.05) is 19.9 Å². The third-order valence-electron chi connectivity index (χ3n) is 5.08. The van der Waals surface area contributed by atoms with Gasteiger partial charge >= 0.3 is 0 Å². The van der Waals surface area contributed by atoms with Crippen molar-refractivity contribution in [1.82, 2.24) is 15.5 Å². The van der Waals surface area contributed by atoms with Crippen LogP contribution in [0.2, 0.25) is 0 Å². The standard InChI is InChI=1S/C24H26N4O2/c1-5-13-26-20-11-10-17-18(20)7-6-8-19(17)23-27-24(30-28-23)16-9-12-22(29-15(2)3)21(14-16)25-4/h6-9,12,14-15,20,26H,5,10-11,13H2,1-3H3/t20-/m0/s1/i13D2. The molecule has 154 valence electrons. The Morgan fingerprint density at radius 1 is 1.37 bits per heavy atom. The number of nitrogens with one attached hydrogen (secondary N) is 1. The number of benzene rings is 2. The number of hydrogen-bond donors (Lipinski definition) is 1. The Morgan fingerprint density at radius 2 is 2.23 bits per heavy atom. The van der Waals surface area contributed by atoms with E-state index in [2.05, 4.69) is 20.3 Å². The molecule has 0 radical (unpaired) electrons. The summed E-state index contributed by atoms with van der Waals surface area (Å²) in [5.74, 6) is 1.36. The fraction of sp³-hybridized carbons (Fsp3) is 0.375. The lowest BCUT2D eigenvalue weighted by molar-refractivity contribution is 0.244. The summed E-state index contributed by atoms with van der Waals surface area (Å²) in [5.41, 5.74) is 4.15. The van der Waals surface area contributed by atoms with Crippen LogP contribution in [0.4, 0.5) is 5.69 Å². The highest BCUT2D eigenvalue weighted by molar-refractivity contribution is 5.70. The number of aromatic nitrogens is 2. The van der Waals surface area contributed by atoms with Crippen LogP contribution in [-0.4, -0.2) is 22.7 Å². The van der Waals surface area contributed by atoms with E-state index in [0.29, 0.717) is 35.1 Å². The molecule has 0 unspecified atom stereocenters. The molecule has 6 nitrogen and oxygen atoms in total. The molecule has 0 spiro atoms. The Morgan fingerprint density at radius 3 is 3.00 bits per heavy atom. The highest BCUT2D eigenvalue weighted by Gasteiger charge is 2.26. The predicted octanol–water partition coefficient (Wildman–Crippen LogP) is 5.73. The second-order valence-electron chi connectivity index (χ2n) is 7.52. The molecule has 6 heteroatoms. The zero-order valence-corrected chi connectivity index (χ0v) is 17.4. The van der Waals surface area contributed by atoms with Crippen LogP contribution in [0, 0.1) is 6.57 Å². The van der Waals surface area contributed by atoms with E-state index in [0.717, 1.165) is 29.5 Å². The van der Waals surface area contributed by atoms with E-state index < -0.39 is 6.50 Å². The second-order valence-corrected chi connectivity index (χ2v) is 7.52. The zero-order valence-electron chi connectivity index (χ0n) is 19.4. The molecule has 0 bridgehead atoms. The highest BCUT2D eigenvalue weighted by Crippen LogP contribution is 2.38. The first-order valence-electron chi connectivity index (χ1n) is 11.2. The van der Waals surface area contributed by atoms with Gasteiger partial charge in [-0.05, 0) is 68.9 Å². The number of fused-ring (bicyclic) bond motifs is 1. The first-order valence-corrected chi connectivity index (χ1v) is 10.2. The smallest absolute Gasteiger partial charge is 0.256 e. The van der Waals surface area contributed by atoms with E-state index >= 15 is 0 Å². The topological polar surface area (TPSA) is 64.5 Å². The van der Waals surface area contributed by atoms with Crippen LogP contribution in [0.5, 0.6) is 5.75 Å². The Balaban J connectivity index is 1.63. The van der Waals surface area contributed by atoms with Gasteiger partial charge < -0.3 is 14.6 Å². The third kappa shape index (κ3) is 3.94. The van der Waals surface area contributed by atoms with Gasteiger partial charge in [0.25, 0.3) is 5.89 Å². The zero-order chi connectivity index (χ0) is 22.9. The van der Waals surface area contributed by atoms with Gasteiger partial charge in [0.1, 0.15) is 5.75 Å². The van der Waals surface area contributed by atoms with Gasteiger partial charge in [0.2, 0.25) is 11.5 Å². The fourth-order valence-electron chi connectivity index (χ4n) is 3.78. The van der Waals surface area contributed by atoms with Crippen molar-refractivity contribution in [3.8, 4) is 28.6 Å². The van der Waals surface area contributed by atoms with Crippen molar-refractivity contribution in [3.63, 3.8) is 0 Å². The first-order chi connectivity index (χ1) is 15.3. The van der Waals surface area contributed by atoms with E-state index in [1.807, 2.05) is 45.0 Å². The molecule has 2 aromatic carbocycles. The van der Waals surface area contributed by atoms with Crippen molar-refractivity contribution in [2.75, 3.05) is 6.50 Å². The van der Waals surface area contributed by atoms with Gasteiger partial charge in [0.05, 0.1) is 12.7 Å². The van der Waals surface area contributed by atoms with Crippen molar-refractivity contribution < 1.29 is 12.0 Å². The van der Waals surface area contributed by atoms with Crippen molar-refractivity contribution in [1.29, 1.82) is 0 Å². The van der Waals surface area contributed by atoms with Gasteiger partial charge in [-0.2, -0.15) is 4.98 Å². The lowest BCUT2D eigenvalue weighted by Gasteiger charge is -2.13. The number of rotatable bonds is 7. The SMILES string of the molecule is [2H]C([2H])(CC)N[C@H]1CCc2c(-c3noc(-c4ccc(OC(C)C)c([N+]#[C-])c4)n3)cccc21. The maximum absolute atomic E-state index is 8.07. The van der Waals surface area contributed by atoms with Gasteiger partial charge in [-0.1, -0.05) is 30.3 Å². The molecule has 0 aliphatic heterocycles. The Kier molecular flexibility index (Phi) is 5.11. The molecular weight excluding hydrogens is 376 g/mol. The van der Waals surface area contributed by atoms with E-state index in [1.54, 1.807) is 12.1 Å². The highest BCUT2D eigenvalue weighted by atomic mass is 16.5. The quantitative estimate of drug-likeness (QED) is 0.510. The maximum Gasteiger partial charge on any atom is 0.256 e. The van der Waals surface area contributed by atoms with Crippen LogP contribution in [0.3, 0.4) is 0 Å². The molecule has 1 aromatic heterocycles. The molecular formula is C24H26N4O2. The lowest BCUT2D eigenvalue weighted by Crippen LogP contribution is -2.19. The molecule has 30 heavy (non-hydrogen) atoms. The second kappa shape index (κ2) is 8.68. The molecule has 0 saturated heterocycles. The minimum Gasteiger partial charge on any atom is -0.502 e. The Labute approximate surface area is 179 Å². The van der Waals surface area contributed by atoms with Gasteiger partial charge in [-0.3, -0.25) is 0 Å². The van der Waals surface area contributed by atoms with E-state index in [-0.39, 0.29) is 12.1 Å². The molecule has 1 N–H and O–H groups in total. The third-order valence-corrected chi connectivity index (χ3v) is 5.08. The minimum atomic E-state index is -1.41. The molecule has 1 aliphatic rings. The maximum atomic E-state index is 8.07. The average Bonchev–Trinajstić information content (AvgIpc) is 3.41. The molecule has 3 aromatic rings. The van der Waals surface area contributed by atoms with Crippen LogP contribution in [0.25, 0.3) is 27.7 Å². The molecule has 1 aliphatic carbocycles. The molecule has 0 saturated carbocycles. The number of hydrogen-bond acceptors (Lipinski definition) is 5. The number of ether oxygens (including phenoxy) is 1. The summed E-state index contributed by atoms with van der Waals surface area (Å²) in [6.07, 6.45) is 2.01. The summed E-state index contributed by atoms with van der Waals surface area (Å²) in [4.78, 5) is 8.16. The van der Waals surface area contributed by atoms with Crippen molar-refractivity contribution in [3.05, 3.63) is 58.9 Å². The van der Waals surface area contributed by atoms with Crippen molar-refractivity contribution in [2.45, 2.75) is 52.2 Å². The lowest BCUT2D eigenvalue weighted by atomic mass is 10.0. The molecule has 4 rings (SSSR count). The summed E-state index contributed by atoms with van der Waals surface area (Å²) in [5, 5.41) is 7.32. The van der Waals surface area contributed by atoms with Gasteiger partial charge in [-0.25, -0.2) is 4.85 Å².